The van der Waals surface area contributed by atoms with Gasteiger partial charge in [-0.15, -0.1) is 0 Å². The van der Waals surface area contributed by atoms with E-state index in [1.54, 1.807) is 0 Å². The van der Waals surface area contributed by atoms with Crippen LogP contribution >= 0.6 is 0 Å². The molecular weight excluding hydrogens is 765 g/mol. The average Bonchev–Trinajstić information content (AvgIpc) is 3.84. The SMILES string of the molecule is CC(C)(C)c1cc(-c2cccc3cccc(-c4ccccc4N(c4ccc5oc6ccccc6c5c4)c4ccc5c6ccccc6n(-c6ccccc6)c5c4)c23)cc(C(C)(C)C)c1. The Labute approximate surface area is 369 Å². The molecule has 0 aliphatic rings. The molecule has 9 aromatic carbocycles. The van der Waals surface area contributed by atoms with Crippen molar-refractivity contribution in [3.63, 3.8) is 0 Å². The first-order chi connectivity index (χ1) is 30.5. The van der Waals surface area contributed by atoms with Crippen LogP contribution in [0.5, 0.6) is 0 Å². The molecule has 0 aliphatic heterocycles. The van der Waals surface area contributed by atoms with E-state index in [1.807, 2.05) is 6.07 Å². The lowest BCUT2D eigenvalue weighted by molar-refractivity contribution is 0.569. The number of nitrogens with zero attached hydrogens (tertiary/aromatic N) is 2. The number of hydrogen-bond donors (Lipinski definition) is 0. The number of fused-ring (bicyclic) bond motifs is 7. The van der Waals surface area contributed by atoms with Crippen molar-refractivity contribution < 1.29 is 4.42 Å². The van der Waals surface area contributed by atoms with E-state index in [0.29, 0.717) is 0 Å². The maximum atomic E-state index is 6.39. The summed E-state index contributed by atoms with van der Waals surface area (Å²) in [6, 6.07) is 71.2. The summed E-state index contributed by atoms with van der Waals surface area (Å²) in [7, 11) is 0. The van der Waals surface area contributed by atoms with Crippen molar-refractivity contribution in [3.8, 4) is 27.9 Å². The quantitative estimate of drug-likeness (QED) is 0.167. The van der Waals surface area contributed by atoms with E-state index in [-0.39, 0.29) is 10.8 Å². The fourth-order valence-corrected chi connectivity index (χ4v) is 9.59. The fraction of sp³-hybridized carbons (Fsp3) is 0.133. The van der Waals surface area contributed by atoms with Gasteiger partial charge in [0.2, 0.25) is 0 Å². The summed E-state index contributed by atoms with van der Waals surface area (Å²) < 4.78 is 8.79. The number of hydrogen-bond acceptors (Lipinski definition) is 2. The number of benzene rings is 9. The zero-order valence-corrected chi connectivity index (χ0v) is 36.8. The first-order valence-electron chi connectivity index (χ1n) is 22.1. The van der Waals surface area contributed by atoms with Crippen molar-refractivity contribution in [1.29, 1.82) is 0 Å². The van der Waals surface area contributed by atoms with Crippen LogP contribution in [0.4, 0.5) is 17.1 Å². The second-order valence-corrected chi connectivity index (χ2v) is 19.0. The molecule has 306 valence electrons. The fourth-order valence-electron chi connectivity index (χ4n) is 9.59. The first kappa shape index (κ1) is 38.6. The Morgan fingerprint density at radius 2 is 1.00 bits per heavy atom. The highest BCUT2D eigenvalue weighted by Crippen LogP contribution is 2.47. The lowest BCUT2D eigenvalue weighted by Crippen LogP contribution is -2.16. The van der Waals surface area contributed by atoms with Gasteiger partial charge < -0.3 is 13.9 Å². The molecule has 0 radical (unpaired) electrons. The van der Waals surface area contributed by atoms with Crippen LogP contribution in [0.3, 0.4) is 0 Å². The molecule has 0 amide bonds. The minimum absolute atomic E-state index is 0.00867. The molecule has 0 bridgehead atoms. The smallest absolute Gasteiger partial charge is 0.135 e. The average molecular weight is 815 g/mol. The van der Waals surface area contributed by atoms with Crippen molar-refractivity contribution in [1.82, 2.24) is 4.57 Å². The van der Waals surface area contributed by atoms with Gasteiger partial charge in [-0.3, -0.25) is 0 Å². The molecule has 3 heteroatoms. The molecule has 0 fully saturated rings. The Morgan fingerprint density at radius 1 is 0.413 bits per heavy atom. The van der Waals surface area contributed by atoms with Crippen LogP contribution < -0.4 is 4.90 Å². The highest BCUT2D eigenvalue weighted by atomic mass is 16.3. The molecule has 0 spiro atoms. The van der Waals surface area contributed by atoms with Crippen molar-refractivity contribution in [2.75, 3.05) is 4.90 Å². The van der Waals surface area contributed by atoms with Crippen molar-refractivity contribution in [2.45, 2.75) is 52.4 Å². The number of rotatable bonds is 6. The van der Waals surface area contributed by atoms with E-state index < -0.39 is 0 Å². The molecule has 2 aromatic heterocycles. The summed E-state index contributed by atoms with van der Waals surface area (Å²) in [5, 5.41) is 7.10. The third-order valence-electron chi connectivity index (χ3n) is 12.9. The molecule has 0 N–H and O–H groups in total. The van der Waals surface area contributed by atoms with Crippen LogP contribution in [0.15, 0.2) is 199 Å². The number of aromatic nitrogens is 1. The summed E-state index contributed by atoms with van der Waals surface area (Å²) in [5.41, 5.74) is 15.9. The predicted molar refractivity (Wildman–Crippen MR) is 269 cm³/mol. The van der Waals surface area contributed by atoms with E-state index >= 15 is 0 Å². The van der Waals surface area contributed by atoms with Crippen molar-refractivity contribution in [3.05, 3.63) is 205 Å². The Morgan fingerprint density at radius 3 is 1.76 bits per heavy atom. The summed E-state index contributed by atoms with van der Waals surface area (Å²) in [6.07, 6.45) is 0. The number of para-hydroxylation sites is 4. The maximum absolute atomic E-state index is 6.39. The van der Waals surface area contributed by atoms with Gasteiger partial charge in [0.05, 0.1) is 16.7 Å². The molecule has 11 aromatic rings. The normalized spacial score (nSPS) is 12.3. The van der Waals surface area contributed by atoms with Crippen LogP contribution in [0.1, 0.15) is 52.7 Å². The Balaban J connectivity index is 1.19. The minimum atomic E-state index is -0.00867. The molecule has 0 atom stereocenters. The topological polar surface area (TPSA) is 21.3 Å². The van der Waals surface area contributed by atoms with Crippen LogP contribution in [-0.4, -0.2) is 4.57 Å². The van der Waals surface area contributed by atoms with E-state index in [4.69, 9.17) is 4.42 Å². The van der Waals surface area contributed by atoms with Gasteiger partial charge >= 0.3 is 0 Å². The number of furan rings is 1. The van der Waals surface area contributed by atoms with Gasteiger partial charge in [-0.25, -0.2) is 0 Å². The molecular formula is C60H50N2O. The van der Waals surface area contributed by atoms with Gasteiger partial charge in [0, 0.05) is 44.2 Å². The second kappa shape index (κ2) is 14.6. The third kappa shape index (κ3) is 6.58. The lowest BCUT2D eigenvalue weighted by atomic mass is 9.78. The molecule has 0 aliphatic carbocycles. The maximum Gasteiger partial charge on any atom is 0.135 e. The van der Waals surface area contributed by atoms with E-state index in [2.05, 4.69) is 239 Å². The predicted octanol–water partition coefficient (Wildman–Crippen LogP) is 17.2. The standard InChI is InChI=1S/C60H50N2O/c1-59(2,3)41-34-40(35-42(36-41)60(4,5)6)46-25-16-18-39-19-17-26-51(58(39)46)48-23-11-13-27-53(48)61(44-31-33-57-52(37-44)50-24-12-15-29-56(50)63-57)45-30-32-49-47-22-10-14-28-54(47)62(55(49)38-45)43-20-8-7-9-21-43/h7-38H,1-6H3. The van der Waals surface area contributed by atoms with Gasteiger partial charge in [0.1, 0.15) is 11.2 Å². The van der Waals surface area contributed by atoms with Crippen molar-refractivity contribution in [2.24, 2.45) is 0 Å². The molecule has 0 unspecified atom stereocenters. The highest BCUT2D eigenvalue weighted by molar-refractivity contribution is 6.13. The zero-order valence-electron chi connectivity index (χ0n) is 36.8. The molecule has 63 heavy (non-hydrogen) atoms. The summed E-state index contributed by atoms with van der Waals surface area (Å²) in [5.74, 6) is 0. The molecule has 2 heterocycles. The Kier molecular flexibility index (Phi) is 8.96. The lowest BCUT2D eigenvalue weighted by Gasteiger charge is -2.29. The van der Waals surface area contributed by atoms with Crippen LogP contribution in [0.25, 0.3) is 82.5 Å². The highest BCUT2D eigenvalue weighted by Gasteiger charge is 2.25. The third-order valence-corrected chi connectivity index (χ3v) is 12.9. The van der Waals surface area contributed by atoms with Gasteiger partial charge in [0.15, 0.2) is 0 Å². The first-order valence-corrected chi connectivity index (χ1v) is 22.1. The van der Waals surface area contributed by atoms with Gasteiger partial charge in [-0.1, -0.05) is 175 Å². The molecule has 3 nitrogen and oxygen atoms in total. The summed E-state index contributed by atoms with van der Waals surface area (Å²) in [4.78, 5) is 2.45. The summed E-state index contributed by atoms with van der Waals surface area (Å²) in [6.45, 7) is 13.9. The molecule has 0 saturated heterocycles. The minimum Gasteiger partial charge on any atom is -0.456 e. The molecule has 0 saturated carbocycles. The second-order valence-electron chi connectivity index (χ2n) is 19.0. The Bertz CT molecular complexity index is 3500. The Hall–Kier alpha value is -7.36. The van der Waals surface area contributed by atoms with Crippen LogP contribution in [0.2, 0.25) is 0 Å². The van der Waals surface area contributed by atoms with Crippen molar-refractivity contribution >= 4 is 71.6 Å². The molecule has 11 rings (SSSR count). The largest absolute Gasteiger partial charge is 0.456 e. The van der Waals surface area contributed by atoms with Crippen LogP contribution in [-0.2, 0) is 10.8 Å². The zero-order chi connectivity index (χ0) is 43.0. The van der Waals surface area contributed by atoms with Gasteiger partial charge in [-0.05, 0) is 110 Å². The summed E-state index contributed by atoms with van der Waals surface area (Å²) >= 11 is 0. The van der Waals surface area contributed by atoms with E-state index in [1.165, 1.54) is 54.9 Å². The van der Waals surface area contributed by atoms with Gasteiger partial charge in [-0.2, -0.15) is 0 Å². The monoisotopic (exact) mass is 814 g/mol. The van der Waals surface area contributed by atoms with Crippen LogP contribution in [0, 0.1) is 0 Å². The van der Waals surface area contributed by atoms with E-state index in [0.717, 1.165) is 55.8 Å². The van der Waals surface area contributed by atoms with Gasteiger partial charge in [0.25, 0.3) is 0 Å². The van der Waals surface area contributed by atoms with E-state index in [9.17, 15) is 0 Å². The number of anilines is 3.